The van der Waals surface area contributed by atoms with Crippen LogP contribution in [0.25, 0.3) is 54.6 Å². The Morgan fingerprint density at radius 1 is 0.488 bits per heavy atom. The Morgan fingerprint density at radius 3 is 2.02 bits per heavy atom. The number of hydrogen-bond acceptors (Lipinski definition) is 2. The molecule has 43 heavy (non-hydrogen) atoms. The molecule has 7 aromatic carbocycles. The molecular formula is C41H29NO. The van der Waals surface area contributed by atoms with Crippen molar-refractivity contribution in [1.29, 1.82) is 0 Å². The topological polar surface area (TPSA) is 16.4 Å². The van der Waals surface area contributed by atoms with E-state index in [0.29, 0.717) is 0 Å². The standard InChI is InChI=1S/C41H29NO/c1-41(2)34-19-11-10-16-30(34)31-22-21-28(24-35(31)41)42(27-13-4-3-5-14-27)36-25-38-40(33-18-9-8-17-32(33)36)39-29-15-7-6-12-26(29)20-23-37(39)43-38/h3-25H,1-2H3. The average molecular weight is 552 g/mol. The molecule has 0 bridgehead atoms. The largest absolute Gasteiger partial charge is 0.456 e. The van der Waals surface area contributed by atoms with Gasteiger partial charge in [0.25, 0.3) is 0 Å². The van der Waals surface area contributed by atoms with Gasteiger partial charge in [-0.3, -0.25) is 0 Å². The van der Waals surface area contributed by atoms with Crippen LogP contribution in [-0.4, -0.2) is 0 Å². The molecule has 0 atom stereocenters. The molecule has 0 saturated heterocycles. The normalized spacial score (nSPS) is 13.5. The van der Waals surface area contributed by atoms with Crippen LogP contribution in [0.5, 0.6) is 0 Å². The van der Waals surface area contributed by atoms with E-state index in [1.165, 1.54) is 54.6 Å². The smallest absolute Gasteiger partial charge is 0.138 e. The summed E-state index contributed by atoms with van der Waals surface area (Å²) in [6, 6.07) is 50.4. The maximum atomic E-state index is 6.65. The zero-order valence-corrected chi connectivity index (χ0v) is 24.1. The quantitative estimate of drug-likeness (QED) is 0.217. The minimum atomic E-state index is -0.0872. The fourth-order valence-corrected chi connectivity index (χ4v) is 7.40. The van der Waals surface area contributed by atoms with E-state index in [4.69, 9.17) is 4.42 Å². The van der Waals surface area contributed by atoms with Crippen molar-refractivity contribution in [1.82, 2.24) is 0 Å². The van der Waals surface area contributed by atoms with E-state index in [1.807, 2.05) is 0 Å². The lowest BCUT2D eigenvalue weighted by Gasteiger charge is -2.29. The lowest BCUT2D eigenvalue weighted by atomic mass is 9.82. The molecule has 0 unspecified atom stereocenters. The van der Waals surface area contributed by atoms with Gasteiger partial charge in [0.15, 0.2) is 0 Å². The van der Waals surface area contributed by atoms with Gasteiger partial charge in [-0.05, 0) is 68.7 Å². The van der Waals surface area contributed by atoms with Crippen LogP contribution in [0.15, 0.2) is 144 Å². The van der Waals surface area contributed by atoms with Crippen LogP contribution in [0.4, 0.5) is 17.1 Å². The van der Waals surface area contributed by atoms with Crippen molar-refractivity contribution in [3.8, 4) is 11.1 Å². The van der Waals surface area contributed by atoms with Crippen molar-refractivity contribution in [2.75, 3.05) is 4.90 Å². The highest BCUT2D eigenvalue weighted by Gasteiger charge is 2.36. The first kappa shape index (κ1) is 24.3. The number of rotatable bonds is 3. The first-order chi connectivity index (χ1) is 21.1. The van der Waals surface area contributed by atoms with Gasteiger partial charge in [0, 0.05) is 39.0 Å². The Bertz CT molecular complexity index is 2380. The lowest BCUT2D eigenvalue weighted by Crippen LogP contribution is -2.16. The molecule has 1 aliphatic carbocycles. The summed E-state index contributed by atoms with van der Waals surface area (Å²) in [5, 5.41) is 7.18. The average Bonchev–Trinajstić information content (AvgIpc) is 3.54. The first-order valence-corrected chi connectivity index (χ1v) is 14.9. The Balaban J connectivity index is 1.35. The molecule has 0 saturated carbocycles. The van der Waals surface area contributed by atoms with Crippen LogP contribution < -0.4 is 4.90 Å². The summed E-state index contributed by atoms with van der Waals surface area (Å²) < 4.78 is 6.65. The molecule has 0 N–H and O–H groups in total. The van der Waals surface area contributed by atoms with Crippen LogP contribution in [0.1, 0.15) is 25.0 Å². The number of furan rings is 1. The Labute approximate surface area is 250 Å². The molecule has 1 aliphatic rings. The summed E-state index contributed by atoms with van der Waals surface area (Å²) in [6.07, 6.45) is 0. The van der Waals surface area contributed by atoms with E-state index < -0.39 is 0 Å². The molecule has 0 spiro atoms. The van der Waals surface area contributed by atoms with E-state index in [9.17, 15) is 0 Å². The minimum absolute atomic E-state index is 0.0872. The maximum absolute atomic E-state index is 6.65. The third-order valence-corrected chi connectivity index (χ3v) is 9.43. The van der Waals surface area contributed by atoms with Gasteiger partial charge < -0.3 is 9.32 Å². The van der Waals surface area contributed by atoms with Gasteiger partial charge in [-0.25, -0.2) is 0 Å². The van der Waals surface area contributed by atoms with Gasteiger partial charge in [-0.15, -0.1) is 0 Å². The Hall–Kier alpha value is -5.34. The highest BCUT2D eigenvalue weighted by Crippen LogP contribution is 2.51. The van der Waals surface area contributed by atoms with Gasteiger partial charge in [-0.1, -0.05) is 117 Å². The van der Waals surface area contributed by atoms with E-state index in [0.717, 1.165) is 28.2 Å². The molecule has 204 valence electrons. The van der Waals surface area contributed by atoms with Gasteiger partial charge in [0.2, 0.25) is 0 Å². The zero-order chi connectivity index (χ0) is 28.7. The molecule has 1 aromatic heterocycles. The molecule has 2 heteroatoms. The fourth-order valence-electron chi connectivity index (χ4n) is 7.40. The van der Waals surface area contributed by atoms with Gasteiger partial charge in [0.1, 0.15) is 11.2 Å². The zero-order valence-electron chi connectivity index (χ0n) is 24.1. The second-order valence-electron chi connectivity index (χ2n) is 12.1. The monoisotopic (exact) mass is 551 g/mol. The summed E-state index contributed by atoms with van der Waals surface area (Å²) in [4.78, 5) is 2.40. The van der Waals surface area contributed by atoms with Crippen molar-refractivity contribution in [3.63, 3.8) is 0 Å². The van der Waals surface area contributed by atoms with Gasteiger partial charge in [-0.2, -0.15) is 0 Å². The van der Waals surface area contributed by atoms with E-state index in [-0.39, 0.29) is 5.41 Å². The lowest BCUT2D eigenvalue weighted by molar-refractivity contribution is 0.660. The highest BCUT2D eigenvalue weighted by atomic mass is 16.3. The molecule has 0 amide bonds. The van der Waals surface area contributed by atoms with Gasteiger partial charge >= 0.3 is 0 Å². The molecule has 0 fully saturated rings. The maximum Gasteiger partial charge on any atom is 0.138 e. The van der Waals surface area contributed by atoms with E-state index in [1.54, 1.807) is 0 Å². The molecular weight excluding hydrogens is 522 g/mol. The van der Waals surface area contributed by atoms with E-state index >= 15 is 0 Å². The van der Waals surface area contributed by atoms with Crippen LogP contribution in [0.2, 0.25) is 0 Å². The summed E-state index contributed by atoms with van der Waals surface area (Å²) in [5.41, 5.74) is 10.5. The van der Waals surface area contributed by atoms with E-state index in [2.05, 4.69) is 158 Å². The Morgan fingerprint density at radius 2 is 1.16 bits per heavy atom. The van der Waals surface area contributed by atoms with Crippen molar-refractivity contribution in [3.05, 3.63) is 151 Å². The van der Waals surface area contributed by atoms with Crippen molar-refractivity contribution in [2.45, 2.75) is 19.3 Å². The number of hydrogen-bond donors (Lipinski definition) is 0. The number of para-hydroxylation sites is 1. The summed E-state index contributed by atoms with van der Waals surface area (Å²) in [5.74, 6) is 0. The summed E-state index contributed by atoms with van der Waals surface area (Å²) in [6.45, 7) is 4.68. The van der Waals surface area contributed by atoms with Crippen LogP contribution in [0, 0.1) is 0 Å². The minimum Gasteiger partial charge on any atom is -0.456 e. The van der Waals surface area contributed by atoms with Crippen LogP contribution >= 0.6 is 0 Å². The number of benzene rings is 7. The van der Waals surface area contributed by atoms with Crippen molar-refractivity contribution >= 4 is 60.5 Å². The molecule has 0 aliphatic heterocycles. The van der Waals surface area contributed by atoms with Crippen LogP contribution in [0.3, 0.4) is 0 Å². The predicted molar refractivity (Wildman–Crippen MR) is 181 cm³/mol. The highest BCUT2D eigenvalue weighted by molar-refractivity contribution is 6.28. The summed E-state index contributed by atoms with van der Waals surface area (Å²) >= 11 is 0. The fraction of sp³-hybridized carbons (Fsp3) is 0.0732. The molecule has 2 nitrogen and oxygen atoms in total. The second-order valence-corrected chi connectivity index (χ2v) is 12.1. The number of anilines is 3. The SMILES string of the molecule is CC1(C)c2ccccc2-c2ccc(N(c3ccccc3)c3cc4oc5ccc6ccccc6c5c4c4ccccc34)cc21. The molecule has 8 aromatic rings. The Kier molecular flexibility index (Phi) is 4.99. The molecule has 0 radical (unpaired) electrons. The predicted octanol–water partition coefficient (Wildman–Crippen LogP) is 11.7. The molecule has 9 rings (SSSR count). The van der Waals surface area contributed by atoms with Gasteiger partial charge in [0.05, 0.1) is 5.69 Å². The van der Waals surface area contributed by atoms with Crippen molar-refractivity contribution in [2.24, 2.45) is 0 Å². The summed E-state index contributed by atoms with van der Waals surface area (Å²) in [7, 11) is 0. The number of fused-ring (bicyclic) bond motifs is 10. The third kappa shape index (κ3) is 3.41. The first-order valence-electron chi connectivity index (χ1n) is 14.9. The second kappa shape index (κ2) is 8.83. The third-order valence-electron chi connectivity index (χ3n) is 9.43. The molecule has 1 heterocycles. The van der Waals surface area contributed by atoms with Crippen molar-refractivity contribution < 1.29 is 4.42 Å². The number of nitrogens with zero attached hydrogens (tertiary/aromatic N) is 1. The van der Waals surface area contributed by atoms with Crippen LogP contribution in [-0.2, 0) is 5.41 Å².